The van der Waals surface area contributed by atoms with E-state index >= 15 is 0 Å². The van der Waals surface area contributed by atoms with E-state index in [-0.39, 0.29) is 19.1 Å². The molecule has 0 aliphatic rings. The third-order valence-corrected chi connectivity index (χ3v) is 1.35. The minimum atomic E-state index is -0.955. The molecule has 5 nitrogen and oxygen atoms in total. The zero-order valence-corrected chi connectivity index (χ0v) is 6.45. The van der Waals surface area contributed by atoms with E-state index in [2.05, 4.69) is 5.32 Å². The van der Waals surface area contributed by atoms with Crippen molar-refractivity contribution in [3.8, 4) is 0 Å². The van der Waals surface area contributed by atoms with Crippen LogP contribution >= 0.6 is 0 Å². The highest BCUT2D eigenvalue weighted by Gasteiger charge is 2.12. The first-order chi connectivity index (χ1) is 5.07. The number of aliphatic hydroxyl groups is 1. The van der Waals surface area contributed by atoms with Gasteiger partial charge in [-0.3, -0.25) is 4.79 Å². The molecule has 0 saturated heterocycles. The lowest BCUT2D eigenvalue weighted by molar-refractivity contribution is -0.136. The second-order valence-corrected chi connectivity index (χ2v) is 2.36. The summed E-state index contributed by atoms with van der Waals surface area (Å²) in [5, 5.41) is 19.8. The van der Waals surface area contributed by atoms with Gasteiger partial charge in [0, 0.05) is 12.6 Å². The van der Waals surface area contributed by atoms with Crippen LogP contribution in [0.4, 0.5) is 0 Å². The maximum absolute atomic E-state index is 10.1. The van der Waals surface area contributed by atoms with Crippen molar-refractivity contribution < 1.29 is 15.0 Å². The van der Waals surface area contributed by atoms with E-state index in [1.54, 1.807) is 6.92 Å². The molecule has 0 saturated carbocycles. The fourth-order valence-corrected chi connectivity index (χ4v) is 0.669. The normalized spacial score (nSPS) is 15.9. The first kappa shape index (κ1) is 10.3. The standard InChI is InChI=1S/C6H14N2O3/c1-4(9)5(2-7)8-3-6(10)11/h4-5,8-9H,2-3,7H2,1H3,(H,10,11). The lowest BCUT2D eigenvalue weighted by Crippen LogP contribution is -2.45. The van der Waals surface area contributed by atoms with Gasteiger partial charge >= 0.3 is 5.97 Å². The zero-order valence-electron chi connectivity index (χ0n) is 6.45. The number of rotatable bonds is 5. The Morgan fingerprint density at radius 3 is 2.55 bits per heavy atom. The van der Waals surface area contributed by atoms with Crippen molar-refractivity contribution in [1.82, 2.24) is 5.32 Å². The minimum Gasteiger partial charge on any atom is -0.480 e. The summed E-state index contributed by atoms with van der Waals surface area (Å²) >= 11 is 0. The van der Waals surface area contributed by atoms with Crippen molar-refractivity contribution in [3.05, 3.63) is 0 Å². The highest BCUT2D eigenvalue weighted by Crippen LogP contribution is 1.88. The van der Waals surface area contributed by atoms with Gasteiger partial charge in [0.25, 0.3) is 0 Å². The maximum atomic E-state index is 10.1. The molecule has 5 heteroatoms. The van der Waals surface area contributed by atoms with Gasteiger partial charge in [0.1, 0.15) is 0 Å². The molecule has 0 spiro atoms. The molecule has 0 amide bonds. The Morgan fingerprint density at radius 2 is 2.27 bits per heavy atom. The average Bonchev–Trinajstić information content (AvgIpc) is 1.87. The first-order valence-electron chi connectivity index (χ1n) is 3.41. The van der Waals surface area contributed by atoms with E-state index in [0.717, 1.165) is 0 Å². The molecule has 0 aromatic heterocycles. The highest BCUT2D eigenvalue weighted by atomic mass is 16.4. The van der Waals surface area contributed by atoms with Gasteiger partial charge in [-0.25, -0.2) is 0 Å². The third-order valence-electron chi connectivity index (χ3n) is 1.35. The molecule has 5 N–H and O–H groups in total. The van der Waals surface area contributed by atoms with Gasteiger partial charge < -0.3 is 21.3 Å². The van der Waals surface area contributed by atoms with Crippen molar-refractivity contribution in [2.45, 2.75) is 19.1 Å². The van der Waals surface area contributed by atoms with Crippen LogP contribution < -0.4 is 11.1 Å². The molecule has 0 aromatic carbocycles. The van der Waals surface area contributed by atoms with Crippen LogP contribution in [0.5, 0.6) is 0 Å². The molecule has 0 bridgehead atoms. The van der Waals surface area contributed by atoms with Crippen LogP contribution in [0.3, 0.4) is 0 Å². The van der Waals surface area contributed by atoms with Crippen molar-refractivity contribution >= 4 is 5.97 Å². The van der Waals surface area contributed by atoms with Crippen molar-refractivity contribution in [1.29, 1.82) is 0 Å². The van der Waals surface area contributed by atoms with Crippen molar-refractivity contribution in [2.24, 2.45) is 5.73 Å². The molecule has 66 valence electrons. The summed E-state index contributed by atoms with van der Waals surface area (Å²) in [5.41, 5.74) is 5.24. The predicted molar refractivity (Wildman–Crippen MR) is 40.2 cm³/mol. The van der Waals surface area contributed by atoms with Gasteiger partial charge in [-0.2, -0.15) is 0 Å². The molecule has 0 fully saturated rings. The SMILES string of the molecule is CC(O)C(CN)NCC(=O)O. The molecule has 0 aromatic rings. The summed E-state index contributed by atoms with van der Waals surface area (Å²) < 4.78 is 0. The number of carboxylic acid groups (broad SMARTS) is 1. The second kappa shape index (κ2) is 5.06. The van der Waals surface area contributed by atoms with Crippen molar-refractivity contribution in [3.63, 3.8) is 0 Å². The predicted octanol–water partition coefficient (Wildman–Crippen LogP) is -1.63. The summed E-state index contributed by atoms with van der Waals surface area (Å²) in [6.45, 7) is 1.62. The number of aliphatic hydroxyl groups excluding tert-OH is 1. The summed E-state index contributed by atoms with van der Waals surface area (Å²) in [6, 6.07) is -0.342. The number of carbonyl (C=O) groups is 1. The number of hydrogen-bond donors (Lipinski definition) is 4. The van der Waals surface area contributed by atoms with E-state index < -0.39 is 12.1 Å². The summed E-state index contributed by atoms with van der Waals surface area (Å²) in [5.74, 6) is -0.955. The van der Waals surface area contributed by atoms with Gasteiger partial charge in [-0.1, -0.05) is 0 Å². The number of hydrogen-bond acceptors (Lipinski definition) is 4. The molecule has 0 radical (unpaired) electrons. The first-order valence-corrected chi connectivity index (χ1v) is 3.41. The smallest absolute Gasteiger partial charge is 0.317 e. The Bertz CT molecular complexity index is 127. The van der Waals surface area contributed by atoms with Gasteiger partial charge in [0.15, 0.2) is 0 Å². The largest absolute Gasteiger partial charge is 0.480 e. The fraction of sp³-hybridized carbons (Fsp3) is 0.833. The van der Waals surface area contributed by atoms with Crippen LogP contribution in [0.1, 0.15) is 6.92 Å². The fourth-order valence-electron chi connectivity index (χ4n) is 0.669. The van der Waals surface area contributed by atoms with Crippen LogP contribution in [0, 0.1) is 0 Å². The van der Waals surface area contributed by atoms with E-state index in [4.69, 9.17) is 15.9 Å². The highest BCUT2D eigenvalue weighted by molar-refractivity contribution is 5.69. The average molecular weight is 162 g/mol. The topological polar surface area (TPSA) is 95.6 Å². The Labute approximate surface area is 65.2 Å². The summed E-state index contributed by atoms with van der Waals surface area (Å²) in [6.07, 6.45) is -0.626. The van der Waals surface area contributed by atoms with Crippen LogP contribution in [0.25, 0.3) is 0 Å². The minimum absolute atomic E-state index is 0.174. The second-order valence-electron chi connectivity index (χ2n) is 2.36. The van der Waals surface area contributed by atoms with Crippen LogP contribution in [-0.2, 0) is 4.79 Å². The monoisotopic (exact) mass is 162 g/mol. The summed E-state index contributed by atoms with van der Waals surface area (Å²) in [7, 11) is 0. The molecule has 11 heavy (non-hydrogen) atoms. The zero-order chi connectivity index (χ0) is 8.85. The van der Waals surface area contributed by atoms with E-state index in [9.17, 15) is 4.79 Å². The Morgan fingerprint density at radius 1 is 1.73 bits per heavy atom. The molecular weight excluding hydrogens is 148 g/mol. The number of nitrogens with two attached hydrogens (primary N) is 1. The number of nitrogens with one attached hydrogen (secondary N) is 1. The van der Waals surface area contributed by atoms with E-state index in [1.807, 2.05) is 0 Å². The molecule has 0 aliphatic carbocycles. The van der Waals surface area contributed by atoms with Gasteiger partial charge in [-0.05, 0) is 6.92 Å². The van der Waals surface area contributed by atoms with Crippen LogP contribution in [-0.4, -0.2) is 41.4 Å². The molecule has 2 atom stereocenters. The van der Waals surface area contributed by atoms with Crippen LogP contribution in [0.2, 0.25) is 0 Å². The summed E-state index contributed by atoms with van der Waals surface area (Å²) in [4.78, 5) is 10.1. The molecule has 2 unspecified atom stereocenters. The van der Waals surface area contributed by atoms with E-state index in [0.29, 0.717) is 0 Å². The van der Waals surface area contributed by atoms with Crippen molar-refractivity contribution in [2.75, 3.05) is 13.1 Å². The van der Waals surface area contributed by atoms with Gasteiger partial charge in [-0.15, -0.1) is 0 Å². The maximum Gasteiger partial charge on any atom is 0.317 e. The van der Waals surface area contributed by atoms with Gasteiger partial charge in [0.2, 0.25) is 0 Å². The van der Waals surface area contributed by atoms with E-state index in [1.165, 1.54) is 0 Å². The van der Waals surface area contributed by atoms with Gasteiger partial charge in [0.05, 0.1) is 12.6 Å². The Balaban J connectivity index is 3.61. The molecular formula is C6H14N2O3. The molecule has 0 heterocycles. The molecule has 0 rings (SSSR count). The lowest BCUT2D eigenvalue weighted by Gasteiger charge is -2.17. The Kier molecular flexibility index (Phi) is 4.76. The van der Waals surface area contributed by atoms with Crippen LogP contribution in [0.15, 0.2) is 0 Å². The third kappa shape index (κ3) is 4.72. The quantitative estimate of drug-likeness (QED) is 0.389. The Hall–Kier alpha value is -0.650. The molecule has 0 aliphatic heterocycles. The lowest BCUT2D eigenvalue weighted by atomic mass is 10.2. The number of aliphatic carboxylic acids is 1. The number of carboxylic acids is 1.